The molecule has 116 valence electrons. The first-order valence-corrected chi connectivity index (χ1v) is 7.52. The summed E-state index contributed by atoms with van der Waals surface area (Å²) in [4.78, 5) is 18.7. The van der Waals surface area contributed by atoms with Crippen LogP contribution in [0.2, 0.25) is 0 Å². The number of amides is 1. The molecule has 1 aromatic heterocycles. The molecule has 2 fully saturated rings. The summed E-state index contributed by atoms with van der Waals surface area (Å²) < 4.78 is 0. The third-order valence-corrected chi connectivity index (χ3v) is 4.19. The van der Waals surface area contributed by atoms with Gasteiger partial charge in [-0.2, -0.15) is 0 Å². The van der Waals surface area contributed by atoms with Crippen molar-refractivity contribution in [2.45, 2.75) is 37.8 Å². The molecule has 0 bridgehead atoms. The van der Waals surface area contributed by atoms with E-state index in [1.165, 1.54) is 0 Å². The molecule has 0 saturated carbocycles. The van der Waals surface area contributed by atoms with Crippen molar-refractivity contribution in [3.8, 4) is 0 Å². The van der Waals surface area contributed by atoms with Gasteiger partial charge in [0.15, 0.2) is 0 Å². The summed E-state index contributed by atoms with van der Waals surface area (Å²) >= 11 is 0. The zero-order valence-electron chi connectivity index (χ0n) is 12.1. The van der Waals surface area contributed by atoms with Gasteiger partial charge < -0.3 is 15.5 Å². The summed E-state index contributed by atoms with van der Waals surface area (Å²) in [5.74, 6) is 1.22. The first kappa shape index (κ1) is 16.0. The highest BCUT2D eigenvalue weighted by atomic mass is 35.5. The summed E-state index contributed by atoms with van der Waals surface area (Å²) in [7, 11) is 0. The first-order valence-electron chi connectivity index (χ1n) is 7.52. The van der Waals surface area contributed by atoms with Gasteiger partial charge in [-0.15, -0.1) is 12.4 Å². The smallest absolute Gasteiger partial charge is 0.237 e. The van der Waals surface area contributed by atoms with Crippen molar-refractivity contribution in [2.75, 3.05) is 24.5 Å². The predicted octanol–water partition coefficient (Wildman–Crippen LogP) is 1.34. The second-order valence-corrected chi connectivity index (χ2v) is 5.61. The number of hydrogen-bond acceptors (Lipinski definition) is 4. The number of nitrogens with zero attached hydrogens (tertiary/aromatic N) is 2. The lowest BCUT2D eigenvalue weighted by molar-refractivity contribution is -0.123. The molecule has 1 unspecified atom stereocenters. The molecule has 3 heterocycles. The molecule has 2 N–H and O–H groups in total. The van der Waals surface area contributed by atoms with Gasteiger partial charge in [0.1, 0.15) is 5.82 Å². The lowest BCUT2D eigenvalue weighted by Gasteiger charge is -2.33. The lowest BCUT2D eigenvalue weighted by atomic mass is 10.0. The molecule has 6 heteroatoms. The number of carbonyl (C=O) groups excluding carboxylic acids is 1. The van der Waals surface area contributed by atoms with Gasteiger partial charge in [-0.3, -0.25) is 4.79 Å². The van der Waals surface area contributed by atoms with Crippen LogP contribution in [0.5, 0.6) is 0 Å². The normalized spacial score (nSPS) is 22.7. The lowest BCUT2D eigenvalue weighted by Crippen LogP contribution is -2.49. The highest BCUT2D eigenvalue weighted by molar-refractivity contribution is 5.85. The third-order valence-electron chi connectivity index (χ3n) is 4.19. The van der Waals surface area contributed by atoms with Crippen LogP contribution in [0, 0.1) is 0 Å². The molecule has 0 spiro atoms. The van der Waals surface area contributed by atoms with Crippen molar-refractivity contribution in [1.82, 2.24) is 15.6 Å². The molecular formula is C15H23ClN4O. The van der Waals surface area contributed by atoms with E-state index in [4.69, 9.17) is 0 Å². The van der Waals surface area contributed by atoms with Crippen LogP contribution in [-0.4, -0.2) is 42.6 Å². The van der Waals surface area contributed by atoms with Crippen LogP contribution in [0.15, 0.2) is 24.4 Å². The van der Waals surface area contributed by atoms with Crippen molar-refractivity contribution in [1.29, 1.82) is 0 Å². The second kappa shape index (κ2) is 7.61. The summed E-state index contributed by atoms with van der Waals surface area (Å²) in [5, 5.41) is 6.43. The number of anilines is 1. The molecule has 2 saturated heterocycles. The van der Waals surface area contributed by atoms with Crippen LogP contribution in [0.3, 0.4) is 0 Å². The van der Waals surface area contributed by atoms with Gasteiger partial charge in [-0.05, 0) is 44.4 Å². The Morgan fingerprint density at radius 1 is 1.29 bits per heavy atom. The molecule has 5 nitrogen and oxygen atoms in total. The molecule has 1 amide bonds. The topological polar surface area (TPSA) is 57.3 Å². The number of halogens is 1. The summed E-state index contributed by atoms with van der Waals surface area (Å²) in [6.07, 6.45) is 5.90. The fourth-order valence-corrected chi connectivity index (χ4v) is 3.00. The average Bonchev–Trinajstić information content (AvgIpc) is 3.03. The van der Waals surface area contributed by atoms with E-state index < -0.39 is 0 Å². The van der Waals surface area contributed by atoms with Crippen molar-refractivity contribution in [2.24, 2.45) is 0 Å². The zero-order chi connectivity index (χ0) is 13.8. The van der Waals surface area contributed by atoms with Crippen LogP contribution in [0.1, 0.15) is 25.7 Å². The van der Waals surface area contributed by atoms with Crippen LogP contribution in [-0.2, 0) is 4.79 Å². The fourth-order valence-electron chi connectivity index (χ4n) is 3.00. The number of rotatable bonds is 3. The molecule has 3 rings (SSSR count). The molecule has 2 aliphatic rings. The molecule has 0 aliphatic carbocycles. The number of pyridine rings is 1. The van der Waals surface area contributed by atoms with E-state index in [2.05, 4.69) is 20.5 Å². The van der Waals surface area contributed by atoms with Crippen LogP contribution < -0.4 is 15.5 Å². The predicted molar refractivity (Wildman–Crippen MR) is 85.9 cm³/mol. The quantitative estimate of drug-likeness (QED) is 0.884. The largest absolute Gasteiger partial charge is 0.356 e. The van der Waals surface area contributed by atoms with Gasteiger partial charge in [-0.1, -0.05) is 6.07 Å². The van der Waals surface area contributed by atoms with Crippen molar-refractivity contribution >= 4 is 24.1 Å². The van der Waals surface area contributed by atoms with Crippen LogP contribution >= 0.6 is 12.4 Å². The van der Waals surface area contributed by atoms with Gasteiger partial charge in [0.2, 0.25) is 5.91 Å². The Balaban J connectivity index is 0.00000161. The molecule has 1 aromatic rings. The number of nitrogens with one attached hydrogen (secondary N) is 2. The van der Waals surface area contributed by atoms with Crippen molar-refractivity contribution < 1.29 is 4.79 Å². The minimum atomic E-state index is 0. The monoisotopic (exact) mass is 310 g/mol. The van der Waals surface area contributed by atoms with Gasteiger partial charge in [0.25, 0.3) is 0 Å². The van der Waals surface area contributed by atoms with Gasteiger partial charge in [0, 0.05) is 25.3 Å². The molecule has 1 atom stereocenters. The maximum atomic E-state index is 12.1. The number of hydrogen-bond donors (Lipinski definition) is 2. The zero-order valence-corrected chi connectivity index (χ0v) is 12.9. The Labute approximate surface area is 131 Å². The van der Waals surface area contributed by atoms with E-state index in [9.17, 15) is 4.79 Å². The van der Waals surface area contributed by atoms with E-state index in [-0.39, 0.29) is 24.4 Å². The summed E-state index contributed by atoms with van der Waals surface area (Å²) in [6.45, 7) is 2.89. The minimum absolute atomic E-state index is 0. The summed E-state index contributed by atoms with van der Waals surface area (Å²) in [6, 6.07) is 6.34. The Hall–Kier alpha value is -1.33. The SMILES string of the molecule is Cl.O=C(NC1CCN(c2ccccn2)CC1)C1CCCN1. The van der Waals surface area contributed by atoms with E-state index in [0.29, 0.717) is 6.04 Å². The van der Waals surface area contributed by atoms with Crippen LogP contribution in [0.25, 0.3) is 0 Å². The molecule has 2 aliphatic heterocycles. The highest BCUT2D eigenvalue weighted by Gasteiger charge is 2.26. The van der Waals surface area contributed by atoms with E-state index in [1.807, 2.05) is 24.4 Å². The van der Waals surface area contributed by atoms with Crippen LogP contribution in [0.4, 0.5) is 5.82 Å². The van der Waals surface area contributed by atoms with Gasteiger partial charge in [0.05, 0.1) is 6.04 Å². The minimum Gasteiger partial charge on any atom is -0.356 e. The standard InChI is InChI=1S/C15H22N4O.ClH/c20-15(13-4-3-9-16-13)18-12-6-10-19(11-7-12)14-5-1-2-8-17-14;/h1-2,5,8,12-13,16H,3-4,6-7,9-11H2,(H,18,20);1H. The number of piperidine rings is 1. The van der Waals surface area contributed by atoms with Gasteiger partial charge in [-0.25, -0.2) is 4.98 Å². The maximum absolute atomic E-state index is 12.1. The van der Waals surface area contributed by atoms with Crippen molar-refractivity contribution in [3.63, 3.8) is 0 Å². The molecule has 0 radical (unpaired) electrons. The Morgan fingerprint density at radius 2 is 2.10 bits per heavy atom. The first-order chi connectivity index (χ1) is 9.83. The number of carbonyl (C=O) groups is 1. The summed E-state index contributed by atoms with van der Waals surface area (Å²) in [5.41, 5.74) is 0. The molecule has 0 aromatic carbocycles. The fraction of sp³-hybridized carbons (Fsp3) is 0.600. The number of aromatic nitrogens is 1. The third kappa shape index (κ3) is 4.08. The molecular weight excluding hydrogens is 288 g/mol. The second-order valence-electron chi connectivity index (χ2n) is 5.61. The highest BCUT2D eigenvalue weighted by Crippen LogP contribution is 2.17. The van der Waals surface area contributed by atoms with E-state index in [1.54, 1.807) is 0 Å². The van der Waals surface area contributed by atoms with Crippen molar-refractivity contribution in [3.05, 3.63) is 24.4 Å². The Kier molecular flexibility index (Phi) is 5.82. The average molecular weight is 311 g/mol. The maximum Gasteiger partial charge on any atom is 0.237 e. The van der Waals surface area contributed by atoms with E-state index in [0.717, 1.165) is 51.1 Å². The molecule has 21 heavy (non-hydrogen) atoms. The van der Waals surface area contributed by atoms with Gasteiger partial charge >= 0.3 is 0 Å². The Morgan fingerprint density at radius 3 is 2.71 bits per heavy atom. The van der Waals surface area contributed by atoms with E-state index >= 15 is 0 Å². The Bertz CT molecular complexity index is 442.